The van der Waals surface area contributed by atoms with Gasteiger partial charge in [0, 0.05) is 4.88 Å². The van der Waals surface area contributed by atoms with Gasteiger partial charge in [0.25, 0.3) is 0 Å². The molecule has 3 rings (SSSR count). The Morgan fingerprint density at radius 3 is 2.58 bits per heavy atom. The van der Waals surface area contributed by atoms with Gasteiger partial charge in [0.05, 0.1) is 11.3 Å². The van der Waals surface area contributed by atoms with Crippen molar-refractivity contribution in [1.82, 2.24) is 9.78 Å². The molecular weight excluding hydrogens is 318 g/mol. The maximum Gasteiger partial charge on any atom is 0.145 e. The van der Waals surface area contributed by atoms with Crippen LogP contribution in [0.15, 0.2) is 41.8 Å². The number of nitrogen functional groups attached to an aromatic ring is 1. The second kappa shape index (κ2) is 6.41. The summed E-state index contributed by atoms with van der Waals surface area (Å²) in [5, 5.41) is 25.4. The van der Waals surface area contributed by atoms with Crippen molar-refractivity contribution < 1.29 is 0 Å². The molecule has 2 aromatic heterocycles. The first-order valence-electron chi connectivity index (χ1n) is 7.16. The molecule has 5 nitrogen and oxygen atoms in total. The van der Waals surface area contributed by atoms with Gasteiger partial charge in [-0.1, -0.05) is 18.2 Å². The Morgan fingerprint density at radius 2 is 2.00 bits per heavy atom. The average molecular weight is 331 g/mol. The third-order valence-electron chi connectivity index (χ3n) is 3.59. The van der Waals surface area contributed by atoms with E-state index in [1.807, 2.05) is 48.7 Å². The topological polar surface area (TPSA) is 91.4 Å². The molecule has 0 atom stereocenters. The van der Waals surface area contributed by atoms with Gasteiger partial charge in [-0.15, -0.1) is 11.3 Å². The zero-order valence-corrected chi connectivity index (χ0v) is 13.7. The number of aryl methyl sites for hydroxylation is 1. The van der Waals surface area contributed by atoms with E-state index in [4.69, 9.17) is 5.73 Å². The third kappa shape index (κ3) is 2.67. The van der Waals surface area contributed by atoms with E-state index in [0.717, 1.165) is 16.1 Å². The summed E-state index contributed by atoms with van der Waals surface area (Å²) in [5.74, 6) is 0.225. The summed E-state index contributed by atoms with van der Waals surface area (Å²) in [6.45, 7) is 1.97. The molecule has 3 aromatic rings. The molecule has 6 heteroatoms. The van der Waals surface area contributed by atoms with E-state index in [1.54, 1.807) is 6.08 Å². The minimum atomic E-state index is 0.209. The van der Waals surface area contributed by atoms with Gasteiger partial charge in [-0.25, -0.2) is 4.68 Å². The lowest BCUT2D eigenvalue weighted by Gasteiger charge is -2.02. The molecule has 0 spiro atoms. The summed E-state index contributed by atoms with van der Waals surface area (Å²) in [6.07, 6.45) is 1.75. The van der Waals surface area contributed by atoms with E-state index in [9.17, 15) is 10.5 Å². The molecule has 0 saturated carbocycles. The minimum absolute atomic E-state index is 0.209. The van der Waals surface area contributed by atoms with Crippen molar-refractivity contribution in [3.8, 4) is 17.8 Å². The SMILES string of the molecule is Cc1ccsc1/C=C(\C#N)c1nn(-c2ccccc2)c(N)c1C#N. The van der Waals surface area contributed by atoms with Crippen LogP contribution in [0.3, 0.4) is 0 Å². The number of nitrogens with zero attached hydrogens (tertiary/aromatic N) is 4. The van der Waals surface area contributed by atoms with Gasteiger partial charge in [0.1, 0.15) is 29.2 Å². The van der Waals surface area contributed by atoms with E-state index < -0.39 is 0 Å². The molecule has 0 aliphatic rings. The standard InChI is InChI=1S/C18H13N5S/c1-12-7-8-24-16(12)9-13(10-19)17-15(11-20)18(21)23(22-17)14-5-3-2-4-6-14/h2-9H,21H2,1H3/b13-9+. The van der Waals surface area contributed by atoms with Gasteiger partial charge in [-0.3, -0.25) is 0 Å². The number of nitrogens with two attached hydrogens (primary N) is 1. The van der Waals surface area contributed by atoms with Crippen LogP contribution in [0, 0.1) is 29.6 Å². The number of allylic oxidation sites excluding steroid dienone is 1. The van der Waals surface area contributed by atoms with E-state index in [1.165, 1.54) is 16.0 Å². The van der Waals surface area contributed by atoms with Crippen LogP contribution in [0.5, 0.6) is 0 Å². The van der Waals surface area contributed by atoms with Crippen molar-refractivity contribution in [2.24, 2.45) is 0 Å². The van der Waals surface area contributed by atoms with Crippen molar-refractivity contribution in [2.75, 3.05) is 5.73 Å². The first-order valence-corrected chi connectivity index (χ1v) is 8.04. The molecule has 0 unspecified atom stereocenters. The lowest BCUT2D eigenvalue weighted by molar-refractivity contribution is 0.885. The Bertz CT molecular complexity index is 996. The summed E-state index contributed by atoms with van der Waals surface area (Å²) in [4.78, 5) is 0.961. The number of rotatable bonds is 3. The van der Waals surface area contributed by atoms with Crippen LogP contribution in [-0.4, -0.2) is 9.78 Å². The number of thiophene rings is 1. The maximum absolute atomic E-state index is 9.55. The molecule has 0 aliphatic heterocycles. The zero-order chi connectivity index (χ0) is 17.1. The normalized spacial score (nSPS) is 11.0. The average Bonchev–Trinajstić information content (AvgIpc) is 3.16. The summed E-state index contributed by atoms with van der Waals surface area (Å²) < 4.78 is 1.49. The molecule has 0 radical (unpaired) electrons. The second-order valence-electron chi connectivity index (χ2n) is 5.11. The predicted molar refractivity (Wildman–Crippen MR) is 95.2 cm³/mol. The zero-order valence-electron chi connectivity index (χ0n) is 12.9. The monoisotopic (exact) mass is 331 g/mol. The Kier molecular flexibility index (Phi) is 4.15. The molecule has 0 saturated heterocycles. The van der Waals surface area contributed by atoms with Crippen LogP contribution in [-0.2, 0) is 0 Å². The number of aromatic nitrogens is 2. The van der Waals surface area contributed by atoms with Crippen molar-refractivity contribution in [1.29, 1.82) is 10.5 Å². The fourth-order valence-corrected chi connectivity index (χ4v) is 3.17. The Labute approximate surface area is 143 Å². The molecule has 0 aliphatic carbocycles. The molecule has 24 heavy (non-hydrogen) atoms. The highest BCUT2D eigenvalue weighted by Gasteiger charge is 2.20. The van der Waals surface area contributed by atoms with Gasteiger partial charge < -0.3 is 5.73 Å². The van der Waals surface area contributed by atoms with Crippen LogP contribution >= 0.6 is 11.3 Å². The van der Waals surface area contributed by atoms with Gasteiger partial charge >= 0.3 is 0 Å². The van der Waals surface area contributed by atoms with Crippen LogP contribution < -0.4 is 5.73 Å². The fourth-order valence-electron chi connectivity index (χ4n) is 2.31. The number of hydrogen-bond acceptors (Lipinski definition) is 5. The number of para-hydroxylation sites is 1. The highest BCUT2D eigenvalue weighted by Crippen LogP contribution is 2.28. The summed E-state index contributed by atoms with van der Waals surface area (Å²) in [6, 6.07) is 15.5. The lowest BCUT2D eigenvalue weighted by atomic mass is 10.1. The summed E-state index contributed by atoms with van der Waals surface area (Å²) in [5.41, 5.74) is 8.72. The van der Waals surface area contributed by atoms with Crippen molar-refractivity contribution in [3.05, 3.63) is 63.5 Å². The van der Waals surface area contributed by atoms with E-state index in [0.29, 0.717) is 11.3 Å². The van der Waals surface area contributed by atoms with Gasteiger partial charge in [-0.2, -0.15) is 15.6 Å². The largest absolute Gasteiger partial charge is 0.382 e. The van der Waals surface area contributed by atoms with Crippen LogP contribution in [0.25, 0.3) is 17.3 Å². The molecule has 1 aromatic carbocycles. The first kappa shape index (κ1) is 15.5. The number of nitriles is 2. The van der Waals surface area contributed by atoms with Crippen LogP contribution in [0.2, 0.25) is 0 Å². The summed E-state index contributed by atoms with van der Waals surface area (Å²) in [7, 11) is 0. The number of anilines is 1. The predicted octanol–water partition coefficient (Wildman–Crippen LogP) is 3.76. The molecular formula is C18H13N5S. The third-order valence-corrected chi connectivity index (χ3v) is 4.55. The molecule has 2 heterocycles. The fraction of sp³-hybridized carbons (Fsp3) is 0.0556. The number of hydrogen-bond donors (Lipinski definition) is 1. The van der Waals surface area contributed by atoms with Crippen LogP contribution in [0.4, 0.5) is 5.82 Å². The molecule has 0 bridgehead atoms. The van der Waals surface area contributed by atoms with Crippen LogP contribution in [0.1, 0.15) is 21.7 Å². The lowest BCUT2D eigenvalue weighted by Crippen LogP contribution is -2.02. The second-order valence-corrected chi connectivity index (χ2v) is 6.05. The van der Waals surface area contributed by atoms with Gasteiger partial charge in [0.15, 0.2) is 0 Å². The smallest absolute Gasteiger partial charge is 0.145 e. The Morgan fingerprint density at radius 1 is 1.25 bits per heavy atom. The highest BCUT2D eigenvalue weighted by molar-refractivity contribution is 7.11. The van der Waals surface area contributed by atoms with Crippen molar-refractivity contribution in [2.45, 2.75) is 6.92 Å². The minimum Gasteiger partial charge on any atom is -0.382 e. The first-order chi connectivity index (χ1) is 11.7. The van der Waals surface area contributed by atoms with E-state index >= 15 is 0 Å². The molecule has 0 amide bonds. The number of benzene rings is 1. The Hall–Kier alpha value is -3.35. The molecule has 116 valence electrons. The Balaban J connectivity index is 2.18. The van der Waals surface area contributed by atoms with E-state index in [2.05, 4.69) is 17.2 Å². The molecule has 0 fully saturated rings. The quantitative estimate of drug-likeness (QED) is 0.740. The maximum atomic E-state index is 9.55. The molecule has 2 N–H and O–H groups in total. The highest BCUT2D eigenvalue weighted by atomic mass is 32.1. The van der Waals surface area contributed by atoms with Gasteiger partial charge in [0.2, 0.25) is 0 Å². The van der Waals surface area contributed by atoms with E-state index in [-0.39, 0.29) is 11.4 Å². The van der Waals surface area contributed by atoms with Gasteiger partial charge in [-0.05, 0) is 42.1 Å². The summed E-state index contributed by atoms with van der Waals surface area (Å²) >= 11 is 1.53. The van der Waals surface area contributed by atoms with Crippen molar-refractivity contribution >= 4 is 28.8 Å². The van der Waals surface area contributed by atoms with Crippen molar-refractivity contribution in [3.63, 3.8) is 0 Å².